The van der Waals surface area contributed by atoms with Crippen molar-refractivity contribution < 1.29 is 14.2 Å². The van der Waals surface area contributed by atoms with Gasteiger partial charge in [-0.15, -0.1) is 0 Å². The zero-order valence-corrected chi connectivity index (χ0v) is 14.2. The normalized spacial score (nSPS) is 38.3. The van der Waals surface area contributed by atoms with Crippen LogP contribution in [0, 0.1) is 10.8 Å². The Balaban J connectivity index is 1.64. The highest BCUT2D eigenvalue weighted by molar-refractivity contribution is 4.98. The fraction of sp³-hybridized carbons (Fsp3) is 1.00. The van der Waals surface area contributed by atoms with Crippen LogP contribution in [-0.4, -0.2) is 37.6 Å². The maximum atomic E-state index is 6.56. The first-order valence-corrected chi connectivity index (χ1v) is 8.81. The molecule has 3 rings (SSSR count). The van der Waals surface area contributed by atoms with Crippen LogP contribution in [0.5, 0.6) is 0 Å². The summed E-state index contributed by atoms with van der Waals surface area (Å²) in [6.45, 7) is 11.2. The molecule has 0 spiro atoms. The Labute approximate surface area is 129 Å². The lowest BCUT2D eigenvalue weighted by Crippen LogP contribution is -2.44. The molecule has 21 heavy (non-hydrogen) atoms. The molecule has 122 valence electrons. The average molecular weight is 296 g/mol. The van der Waals surface area contributed by atoms with E-state index < -0.39 is 0 Å². The van der Waals surface area contributed by atoms with Gasteiger partial charge in [-0.25, -0.2) is 0 Å². The lowest BCUT2D eigenvalue weighted by Gasteiger charge is -2.40. The topological polar surface area (TPSA) is 27.7 Å². The van der Waals surface area contributed by atoms with Gasteiger partial charge in [0.25, 0.3) is 0 Å². The third-order valence-corrected chi connectivity index (χ3v) is 6.20. The third kappa shape index (κ3) is 2.89. The van der Waals surface area contributed by atoms with E-state index in [1.807, 2.05) is 0 Å². The molecule has 0 aromatic carbocycles. The Kier molecular flexibility index (Phi) is 4.37. The Morgan fingerprint density at radius 1 is 0.619 bits per heavy atom. The number of ether oxygens (including phenoxy) is 3. The van der Waals surface area contributed by atoms with E-state index in [1.165, 1.54) is 25.7 Å². The third-order valence-electron chi connectivity index (χ3n) is 6.20. The van der Waals surface area contributed by atoms with Gasteiger partial charge in [0.05, 0.1) is 24.4 Å². The van der Waals surface area contributed by atoms with Crippen molar-refractivity contribution in [2.45, 2.75) is 90.6 Å². The van der Waals surface area contributed by atoms with Gasteiger partial charge >= 0.3 is 0 Å². The van der Waals surface area contributed by atoms with Gasteiger partial charge in [-0.1, -0.05) is 27.7 Å². The predicted octanol–water partition coefficient (Wildman–Crippen LogP) is 3.94. The second-order valence-corrected chi connectivity index (χ2v) is 8.34. The zero-order valence-electron chi connectivity index (χ0n) is 14.2. The molecule has 0 aromatic rings. The van der Waals surface area contributed by atoms with Crippen molar-refractivity contribution >= 4 is 0 Å². The van der Waals surface area contributed by atoms with E-state index in [-0.39, 0.29) is 10.8 Å². The molecule has 3 nitrogen and oxygen atoms in total. The Morgan fingerprint density at radius 3 is 1.38 bits per heavy atom. The molecule has 3 fully saturated rings. The van der Waals surface area contributed by atoms with E-state index in [0.29, 0.717) is 24.4 Å². The maximum absolute atomic E-state index is 6.56. The van der Waals surface area contributed by atoms with Crippen molar-refractivity contribution in [2.24, 2.45) is 10.8 Å². The molecule has 3 heteroatoms. The van der Waals surface area contributed by atoms with Crippen LogP contribution in [0.1, 0.15) is 66.2 Å². The molecule has 3 heterocycles. The Morgan fingerprint density at radius 2 is 1.05 bits per heavy atom. The molecule has 0 amide bonds. The minimum atomic E-state index is 0.123. The first-order valence-electron chi connectivity index (χ1n) is 8.81. The molecule has 3 aliphatic heterocycles. The summed E-state index contributed by atoms with van der Waals surface area (Å²) in [6, 6.07) is 0. The van der Waals surface area contributed by atoms with Gasteiger partial charge < -0.3 is 14.2 Å². The monoisotopic (exact) mass is 296 g/mol. The molecule has 0 radical (unpaired) electrons. The van der Waals surface area contributed by atoms with E-state index in [4.69, 9.17) is 14.2 Å². The van der Waals surface area contributed by atoms with E-state index in [0.717, 1.165) is 26.1 Å². The van der Waals surface area contributed by atoms with Gasteiger partial charge in [0, 0.05) is 24.0 Å². The van der Waals surface area contributed by atoms with Crippen LogP contribution >= 0.6 is 0 Å². The van der Waals surface area contributed by atoms with Crippen molar-refractivity contribution in [1.82, 2.24) is 0 Å². The molecule has 0 aliphatic carbocycles. The molecule has 0 saturated carbocycles. The standard InChI is InChI=1S/C18H32O3/c1-17(2,13-7-5-11-19-13)15-9-10-16(21-15)18(3,4)14-8-6-12-20-14/h13-16H,5-12H2,1-4H3/t13-,14+,15-,16-/m0/s1. The van der Waals surface area contributed by atoms with Crippen molar-refractivity contribution in [3.63, 3.8) is 0 Å². The summed E-state index contributed by atoms with van der Waals surface area (Å²) in [6.07, 6.45) is 8.48. The molecular weight excluding hydrogens is 264 g/mol. The van der Waals surface area contributed by atoms with Crippen molar-refractivity contribution in [2.75, 3.05) is 13.2 Å². The molecule has 0 N–H and O–H groups in total. The van der Waals surface area contributed by atoms with E-state index in [9.17, 15) is 0 Å². The minimum Gasteiger partial charge on any atom is -0.378 e. The lowest BCUT2D eigenvalue weighted by molar-refractivity contribution is -0.131. The van der Waals surface area contributed by atoms with Gasteiger partial charge in [0.2, 0.25) is 0 Å². The zero-order chi connectivity index (χ0) is 15.1. The number of hydrogen-bond donors (Lipinski definition) is 0. The van der Waals surface area contributed by atoms with E-state index >= 15 is 0 Å². The summed E-state index contributed by atoms with van der Waals surface area (Å²) in [4.78, 5) is 0. The molecule has 0 unspecified atom stereocenters. The van der Waals surface area contributed by atoms with Crippen LogP contribution in [0.25, 0.3) is 0 Å². The Bertz CT molecular complexity index is 317. The van der Waals surface area contributed by atoms with E-state index in [2.05, 4.69) is 27.7 Å². The van der Waals surface area contributed by atoms with Crippen LogP contribution in [-0.2, 0) is 14.2 Å². The smallest absolute Gasteiger partial charge is 0.0655 e. The summed E-state index contributed by atoms with van der Waals surface area (Å²) in [7, 11) is 0. The van der Waals surface area contributed by atoms with Crippen molar-refractivity contribution in [3.05, 3.63) is 0 Å². The van der Waals surface area contributed by atoms with E-state index in [1.54, 1.807) is 0 Å². The van der Waals surface area contributed by atoms with Crippen LogP contribution in [0.2, 0.25) is 0 Å². The highest BCUT2D eigenvalue weighted by Crippen LogP contribution is 2.46. The first-order chi connectivity index (χ1) is 9.92. The summed E-state index contributed by atoms with van der Waals surface area (Å²) in [5.41, 5.74) is 0.246. The highest BCUT2D eigenvalue weighted by atomic mass is 16.5. The van der Waals surface area contributed by atoms with Gasteiger partial charge in [-0.05, 0) is 38.5 Å². The second-order valence-electron chi connectivity index (χ2n) is 8.34. The van der Waals surface area contributed by atoms with Gasteiger partial charge in [-0.2, -0.15) is 0 Å². The van der Waals surface area contributed by atoms with Crippen LogP contribution in [0.3, 0.4) is 0 Å². The Hall–Kier alpha value is -0.120. The first kappa shape index (κ1) is 15.8. The summed E-state index contributed by atoms with van der Waals surface area (Å²) in [5.74, 6) is 0. The molecule has 3 aliphatic rings. The summed E-state index contributed by atoms with van der Waals surface area (Å²) < 4.78 is 18.4. The minimum absolute atomic E-state index is 0.123. The van der Waals surface area contributed by atoms with Crippen LogP contribution in [0.15, 0.2) is 0 Å². The quantitative estimate of drug-likeness (QED) is 0.786. The van der Waals surface area contributed by atoms with Crippen molar-refractivity contribution in [1.29, 1.82) is 0 Å². The predicted molar refractivity (Wildman–Crippen MR) is 83.4 cm³/mol. The highest BCUT2D eigenvalue weighted by Gasteiger charge is 2.49. The molecule has 4 atom stereocenters. The fourth-order valence-corrected chi connectivity index (χ4v) is 4.48. The number of hydrogen-bond acceptors (Lipinski definition) is 3. The molecular formula is C18H32O3. The summed E-state index contributed by atoms with van der Waals surface area (Å²) >= 11 is 0. The SMILES string of the molecule is CC(C)([C@@H]1CCCO1)[C@@H]1CC[C@@H](C(C)(C)[C@H]2CCCO2)O1. The average Bonchev–Trinajstić information content (AvgIpc) is 3.19. The van der Waals surface area contributed by atoms with Crippen molar-refractivity contribution in [3.8, 4) is 0 Å². The fourth-order valence-electron chi connectivity index (χ4n) is 4.48. The largest absolute Gasteiger partial charge is 0.378 e. The lowest BCUT2D eigenvalue weighted by atomic mass is 9.77. The molecule has 0 aromatic heterocycles. The number of rotatable bonds is 4. The van der Waals surface area contributed by atoms with Crippen LogP contribution in [0.4, 0.5) is 0 Å². The van der Waals surface area contributed by atoms with Crippen LogP contribution < -0.4 is 0 Å². The molecule has 3 saturated heterocycles. The molecule has 0 bridgehead atoms. The van der Waals surface area contributed by atoms with Gasteiger partial charge in [0.15, 0.2) is 0 Å². The van der Waals surface area contributed by atoms with Gasteiger partial charge in [0.1, 0.15) is 0 Å². The summed E-state index contributed by atoms with van der Waals surface area (Å²) in [5, 5.41) is 0. The second kappa shape index (κ2) is 5.82. The van der Waals surface area contributed by atoms with Gasteiger partial charge in [-0.3, -0.25) is 0 Å². The maximum Gasteiger partial charge on any atom is 0.0655 e.